The Bertz CT molecular complexity index is 597. The van der Waals surface area contributed by atoms with Crippen molar-refractivity contribution in [2.75, 3.05) is 19.7 Å². The monoisotopic (exact) mass is 333 g/mol. The predicted molar refractivity (Wildman–Crippen MR) is 82.5 cm³/mol. The molecule has 0 spiro atoms. The number of hydrogen-bond acceptors (Lipinski definition) is 4. The quantitative estimate of drug-likeness (QED) is 0.720. The molecule has 118 valence electrons. The largest absolute Gasteiger partial charge is 0.493 e. The summed E-state index contributed by atoms with van der Waals surface area (Å²) < 4.78 is 28.4. The molecule has 0 N–H and O–H groups in total. The Kier molecular flexibility index (Phi) is 6.48. The number of amides is 1. The van der Waals surface area contributed by atoms with Crippen molar-refractivity contribution < 1.29 is 17.9 Å². The summed E-state index contributed by atoms with van der Waals surface area (Å²) in [5, 5.41) is 0. The second-order valence-electron chi connectivity index (χ2n) is 4.42. The maximum absolute atomic E-state index is 12.5. The third-order valence-electron chi connectivity index (χ3n) is 2.98. The molecule has 0 aliphatic rings. The molecule has 0 heterocycles. The molecular formula is C14H20ClNO4S. The van der Waals surface area contributed by atoms with Crippen LogP contribution in [0.3, 0.4) is 0 Å². The van der Waals surface area contributed by atoms with Crippen molar-refractivity contribution in [3.05, 3.63) is 23.8 Å². The van der Waals surface area contributed by atoms with Gasteiger partial charge >= 0.3 is 0 Å². The van der Waals surface area contributed by atoms with Crippen molar-refractivity contribution in [1.29, 1.82) is 0 Å². The van der Waals surface area contributed by atoms with Gasteiger partial charge in [0.25, 0.3) is 15.0 Å². The maximum atomic E-state index is 12.5. The zero-order valence-corrected chi connectivity index (χ0v) is 14.0. The lowest BCUT2D eigenvalue weighted by Crippen LogP contribution is -2.31. The summed E-state index contributed by atoms with van der Waals surface area (Å²) in [6.07, 6.45) is 0.786. The van der Waals surface area contributed by atoms with E-state index in [-0.39, 0.29) is 16.4 Å². The molecule has 7 heteroatoms. The van der Waals surface area contributed by atoms with Gasteiger partial charge in [-0.2, -0.15) is 0 Å². The van der Waals surface area contributed by atoms with E-state index in [1.165, 1.54) is 18.2 Å². The molecule has 1 aromatic carbocycles. The zero-order chi connectivity index (χ0) is 16.0. The normalized spacial score (nSPS) is 11.2. The molecule has 0 aliphatic carbocycles. The van der Waals surface area contributed by atoms with Crippen molar-refractivity contribution in [2.24, 2.45) is 0 Å². The summed E-state index contributed by atoms with van der Waals surface area (Å²) in [7, 11) is 1.46. The van der Waals surface area contributed by atoms with Crippen LogP contribution in [0.1, 0.15) is 37.6 Å². The number of benzene rings is 1. The van der Waals surface area contributed by atoms with Gasteiger partial charge < -0.3 is 9.64 Å². The molecule has 21 heavy (non-hydrogen) atoms. The van der Waals surface area contributed by atoms with Gasteiger partial charge in [0.1, 0.15) is 5.75 Å². The standard InChI is InChI=1S/C14H20ClNO4S/c1-4-9-20-13-8-7-11(21(15,18)19)10-12(13)14(17)16(5-2)6-3/h7-8,10H,4-6,9H2,1-3H3. The zero-order valence-electron chi connectivity index (χ0n) is 12.4. The molecule has 0 fully saturated rings. The molecule has 0 saturated carbocycles. The number of halogens is 1. The molecule has 0 radical (unpaired) electrons. The van der Waals surface area contributed by atoms with E-state index in [2.05, 4.69) is 0 Å². The predicted octanol–water partition coefficient (Wildman–Crippen LogP) is 2.88. The van der Waals surface area contributed by atoms with Crippen LogP contribution >= 0.6 is 10.7 Å². The average molecular weight is 334 g/mol. The molecule has 1 amide bonds. The Balaban J connectivity index is 3.31. The molecular weight excluding hydrogens is 314 g/mol. The number of ether oxygens (including phenoxy) is 1. The Morgan fingerprint density at radius 2 is 1.86 bits per heavy atom. The number of hydrogen-bond donors (Lipinski definition) is 0. The minimum absolute atomic E-state index is 0.108. The minimum atomic E-state index is -3.89. The van der Waals surface area contributed by atoms with E-state index in [0.717, 1.165) is 6.42 Å². The van der Waals surface area contributed by atoms with Crippen LogP contribution in [-0.4, -0.2) is 38.9 Å². The van der Waals surface area contributed by atoms with E-state index in [1.807, 2.05) is 20.8 Å². The van der Waals surface area contributed by atoms with Crippen molar-refractivity contribution in [3.63, 3.8) is 0 Å². The summed E-state index contributed by atoms with van der Waals surface area (Å²) in [6.45, 7) is 7.17. The second kappa shape index (κ2) is 7.66. The van der Waals surface area contributed by atoms with Gasteiger partial charge in [0.15, 0.2) is 0 Å². The topological polar surface area (TPSA) is 63.7 Å². The van der Waals surface area contributed by atoms with Crippen LogP contribution in [0.15, 0.2) is 23.1 Å². The number of rotatable bonds is 7. The van der Waals surface area contributed by atoms with Gasteiger partial charge in [0, 0.05) is 23.8 Å². The first-order valence-corrected chi connectivity index (χ1v) is 9.16. The van der Waals surface area contributed by atoms with E-state index < -0.39 is 9.05 Å². The highest BCUT2D eigenvalue weighted by molar-refractivity contribution is 8.13. The van der Waals surface area contributed by atoms with E-state index >= 15 is 0 Å². The Morgan fingerprint density at radius 3 is 2.33 bits per heavy atom. The van der Waals surface area contributed by atoms with Gasteiger partial charge in [-0.3, -0.25) is 4.79 Å². The fourth-order valence-electron chi connectivity index (χ4n) is 1.85. The van der Waals surface area contributed by atoms with E-state index in [0.29, 0.717) is 25.4 Å². The number of carbonyl (C=O) groups excluding carboxylic acids is 1. The van der Waals surface area contributed by atoms with Gasteiger partial charge in [-0.1, -0.05) is 6.92 Å². The van der Waals surface area contributed by atoms with Crippen LogP contribution < -0.4 is 4.74 Å². The second-order valence-corrected chi connectivity index (χ2v) is 6.99. The number of nitrogens with zero attached hydrogens (tertiary/aromatic N) is 1. The lowest BCUT2D eigenvalue weighted by Gasteiger charge is -2.20. The molecule has 0 aliphatic heterocycles. The Morgan fingerprint density at radius 1 is 1.24 bits per heavy atom. The number of carbonyl (C=O) groups is 1. The minimum Gasteiger partial charge on any atom is -0.493 e. The summed E-state index contributed by atoms with van der Waals surface area (Å²) in [5.74, 6) is 0.103. The van der Waals surface area contributed by atoms with Crippen molar-refractivity contribution in [1.82, 2.24) is 4.90 Å². The summed E-state index contributed by atoms with van der Waals surface area (Å²) in [4.78, 5) is 14.0. The van der Waals surface area contributed by atoms with Crippen molar-refractivity contribution in [2.45, 2.75) is 32.1 Å². The fourth-order valence-corrected chi connectivity index (χ4v) is 2.62. The van der Waals surface area contributed by atoms with Crippen LogP contribution in [0.2, 0.25) is 0 Å². The first-order chi connectivity index (χ1) is 9.85. The molecule has 1 aromatic rings. The summed E-state index contributed by atoms with van der Waals surface area (Å²) in [5.41, 5.74) is 0.217. The van der Waals surface area contributed by atoms with Crippen LogP contribution in [0.4, 0.5) is 0 Å². The van der Waals surface area contributed by atoms with Crippen LogP contribution in [-0.2, 0) is 9.05 Å². The van der Waals surface area contributed by atoms with Gasteiger partial charge in [0.05, 0.1) is 17.1 Å². The molecule has 0 aromatic heterocycles. The molecule has 1 rings (SSSR count). The van der Waals surface area contributed by atoms with Crippen LogP contribution in [0.5, 0.6) is 5.75 Å². The first kappa shape index (κ1) is 17.8. The molecule has 0 saturated heterocycles. The highest BCUT2D eigenvalue weighted by Crippen LogP contribution is 2.26. The summed E-state index contributed by atoms with van der Waals surface area (Å²) in [6, 6.07) is 4.09. The van der Waals surface area contributed by atoms with E-state index in [1.54, 1.807) is 4.90 Å². The smallest absolute Gasteiger partial charge is 0.261 e. The van der Waals surface area contributed by atoms with Crippen molar-refractivity contribution in [3.8, 4) is 5.75 Å². The third-order valence-corrected chi connectivity index (χ3v) is 4.33. The van der Waals surface area contributed by atoms with Gasteiger partial charge in [0.2, 0.25) is 0 Å². The lowest BCUT2D eigenvalue weighted by atomic mass is 10.1. The Hall–Kier alpha value is -1.27. The average Bonchev–Trinajstić information content (AvgIpc) is 2.45. The molecule has 0 atom stereocenters. The Labute approximate surface area is 130 Å². The highest BCUT2D eigenvalue weighted by atomic mass is 35.7. The third kappa shape index (κ3) is 4.61. The highest BCUT2D eigenvalue weighted by Gasteiger charge is 2.21. The maximum Gasteiger partial charge on any atom is 0.261 e. The SMILES string of the molecule is CCCOc1ccc(S(=O)(=O)Cl)cc1C(=O)N(CC)CC. The van der Waals surface area contributed by atoms with E-state index in [9.17, 15) is 13.2 Å². The van der Waals surface area contributed by atoms with Crippen molar-refractivity contribution >= 4 is 25.6 Å². The van der Waals surface area contributed by atoms with E-state index in [4.69, 9.17) is 15.4 Å². The fraction of sp³-hybridized carbons (Fsp3) is 0.500. The van der Waals surface area contributed by atoms with Gasteiger partial charge in [-0.25, -0.2) is 8.42 Å². The van der Waals surface area contributed by atoms with Gasteiger partial charge in [-0.15, -0.1) is 0 Å². The van der Waals surface area contributed by atoms with Crippen LogP contribution in [0.25, 0.3) is 0 Å². The summed E-state index contributed by atoms with van der Waals surface area (Å²) >= 11 is 0. The molecule has 0 unspecified atom stereocenters. The lowest BCUT2D eigenvalue weighted by molar-refractivity contribution is 0.0768. The first-order valence-electron chi connectivity index (χ1n) is 6.85. The van der Waals surface area contributed by atoms with Gasteiger partial charge in [-0.05, 0) is 38.5 Å². The van der Waals surface area contributed by atoms with Crippen LogP contribution in [0, 0.1) is 0 Å². The molecule has 5 nitrogen and oxygen atoms in total. The molecule has 0 bridgehead atoms.